The van der Waals surface area contributed by atoms with Crippen molar-refractivity contribution in [1.29, 1.82) is 0 Å². The fourth-order valence-electron chi connectivity index (χ4n) is 2.01. The highest BCUT2D eigenvalue weighted by Crippen LogP contribution is 2.25. The molecule has 0 unspecified atom stereocenters. The van der Waals surface area contributed by atoms with Gasteiger partial charge >= 0.3 is 0 Å². The highest BCUT2D eigenvalue weighted by Gasteiger charge is 2.09. The number of nitrogens with one attached hydrogen (secondary N) is 1. The van der Waals surface area contributed by atoms with Crippen LogP contribution in [-0.2, 0) is 0 Å². The summed E-state index contributed by atoms with van der Waals surface area (Å²) in [5.41, 5.74) is 2.07. The Morgan fingerprint density at radius 1 is 1.14 bits per heavy atom. The predicted molar refractivity (Wildman–Crippen MR) is 88.8 cm³/mol. The van der Waals surface area contributed by atoms with Crippen LogP contribution in [0, 0.1) is 6.92 Å². The lowest BCUT2D eigenvalue weighted by Crippen LogP contribution is -2.11. The van der Waals surface area contributed by atoms with Crippen LogP contribution in [-0.4, -0.2) is 10.9 Å². The second kappa shape index (κ2) is 5.64. The summed E-state index contributed by atoms with van der Waals surface area (Å²) in [5.74, 6) is -0.250. The second-order valence-corrected chi connectivity index (χ2v) is 6.64. The summed E-state index contributed by atoms with van der Waals surface area (Å²) < 4.78 is 1.04. The topological polar surface area (TPSA) is 42.0 Å². The minimum Gasteiger partial charge on any atom is -0.322 e. The smallest absolute Gasteiger partial charge is 0.255 e. The molecule has 0 fully saturated rings. The van der Waals surface area contributed by atoms with Gasteiger partial charge in [-0.25, -0.2) is 4.98 Å². The number of carbonyl (C=O) groups is 1. The van der Waals surface area contributed by atoms with Crippen molar-refractivity contribution in [2.24, 2.45) is 0 Å². The van der Waals surface area contributed by atoms with E-state index in [-0.39, 0.29) is 5.91 Å². The molecule has 1 amide bonds. The quantitative estimate of drug-likeness (QED) is 0.701. The van der Waals surface area contributed by atoms with Gasteiger partial charge in [0.05, 0.1) is 15.2 Å². The summed E-state index contributed by atoms with van der Waals surface area (Å²) in [6.07, 6.45) is 0. The standard InChI is InChI=1S/C15H10Cl2N2OS/c1-8-18-13-3-2-12(7-14(13)21-8)19-15(20)9-4-10(16)6-11(17)5-9/h2-7H,1H3,(H,19,20). The lowest BCUT2D eigenvalue weighted by molar-refractivity contribution is 0.102. The zero-order chi connectivity index (χ0) is 15.0. The zero-order valence-corrected chi connectivity index (χ0v) is 13.3. The molecule has 0 aliphatic carbocycles. The molecule has 0 aliphatic rings. The number of fused-ring (bicyclic) bond motifs is 1. The number of thiazole rings is 1. The molecule has 0 bridgehead atoms. The fraction of sp³-hybridized carbons (Fsp3) is 0.0667. The van der Waals surface area contributed by atoms with E-state index in [1.807, 2.05) is 25.1 Å². The molecule has 21 heavy (non-hydrogen) atoms. The number of nitrogens with zero attached hydrogens (tertiary/aromatic N) is 1. The Morgan fingerprint density at radius 3 is 2.57 bits per heavy atom. The van der Waals surface area contributed by atoms with E-state index in [4.69, 9.17) is 23.2 Å². The van der Waals surface area contributed by atoms with Crippen molar-refractivity contribution in [3.63, 3.8) is 0 Å². The van der Waals surface area contributed by atoms with Gasteiger partial charge in [-0.15, -0.1) is 11.3 Å². The first-order valence-corrected chi connectivity index (χ1v) is 7.73. The molecular weight excluding hydrogens is 327 g/mol. The van der Waals surface area contributed by atoms with Crippen molar-refractivity contribution < 1.29 is 4.79 Å². The third-order valence-electron chi connectivity index (χ3n) is 2.88. The summed E-state index contributed by atoms with van der Waals surface area (Å²) in [5, 5.41) is 4.70. The van der Waals surface area contributed by atoms with Crippen LogP contribution >= 0.6 is 34.5 Å². The minimum absolute atomic E-state index is 0.250. The predicted octanol–water partition coefficient (Wildman–Crippen LogP) is 5.16. The van der Waals surface area contributed by atoms with Crippen LogP contribution in [0.5, 0.6) is 0 Å². The van der Waals surface area contributed by atoms with Gasteiger partial charge in [0, 0.05) is 21.3 Å². The van der Waals surface area contributed by atoms with E-state index >= 15 is 0 Å². The molecular formula is C15H10Cl2N2OS. The highest BCUT2D eigenvalue weighted by molar-refractivity contribution is 7.18. The Hall–Kier alpha value is -1.62. The molecule has 106 valence electrons. The second-order valence-electron chi connectivity index (χ2n) is 4.53. The van der Waals surface area contributed by atoms with E-state index in [1.165, 1.54) is 0 Å². The van der Waals surface area contributed by atoms with Crippen LogP contribution in [0.2, 0.25) is 10.0 Å². The van der Waals surface area contributed by atoms with E-state index < -0.39 is 0 Å². The van der Waals surface area contributed by atoms with Crippen LogP contribution in [0.3, 0.4) is 0 Å². The minimum atomic E-state index is -0.250. The van der Waals surface area contributed by atoms with Crippen molar-refractivity contribution in [3.05, 3.63) is 57.0 Å². The summed E-state index contributed by atoms with van der Waals surface area (Å²) in [6.45, 7) is 1.96. The number of halogens is 2. The number of amides is 1. The molecule has 1 heterocycles. The number of hydrogen-bond donors (Lipinski definition) is 1. The zero-order valence-electron chi connectivity index (χ0n) is 11.0. The number of rotatable bonds is 2. The summed E-state index contributed by atoms with van der Waals surface area (Å²) in [6, 6.07) is 10.4. The molecule has 0 saturated heterocycles. The molecule has 0 spiro atoms. The number of anilines is 1. The third kappa shape index (κ3) is 3.18. The SMILES string of the molecule is Cc1nc2ccc(NC(=O)c3cc(Cl)cc(Cl)c3)cc2s1. The van der Waals surface area contributed by atoms with Gasteiger partial charge in [0.15, 0.2) is 0 Å². The van der Waals surface area contributed by atoms with Crippen LogP contribution < -0.4 is 5.32 Å². The molecule has 0 saturated carbocycles. The maximum Gasteiger partial charge on any atom is 0.255 e. The molecule has 6 heteroatoms. The molecule has 1 aromatic heterocycles. The number of aromatic nitrogens is 1. The molecule has 3 rings (SSSR count). The molecule has 0 radical (unpaired) electrons. The first-order valence-electron chi connectivity index (χ1n) is 6.16. The molecule has 1 N–H and O–H groups in total. The Morgan fingerprint density at radius 2 is 1.86 bits per heavy atom. The maximum atomic E-state index is 12.2. The largest absolute Gasteiger partial charge is 0.322 e. The molecule has 0 atom stereocenters. The normalized spacial score (nSPS) is 10.8. The Bertz CT molecular complexity index is 825. The van der Waals surface area contributed by atoms with Crippen LogP contribution in [0.4, 0.5) is 5.69 Å². The van der Waals surface area contributed by atoms with Gasteiger partial charge in [0.2, 0.25) is 0 Å². The van der Waals surface area contributed by atoms with Gasteiger partial charge in [0.25, 0.3) is 5.91 Å². The average Bonchev–Trinajstić information content (AvgIpc) is 2.77. The first kappa shape index (κ1) is 14.3. The number of aryl methyl sites for hydroxylation is 1. The third-order valence-corrected chi connectivity index (χ3v) is 4.25. The summed E-state index contributed by atoms with van der Waals surface area (Å²) >= 11 is 13.4. The van der Waals surface area contributed by atoms with Crippen molar-refractivity contribution in [1.82, 2.24) is 4.98 Å². The summed E-state index contributed by atoms with van der Waals surface area (Å²) in [4.78, 5) is 16.6. The van der Waals surface area contributed by atoms with Gasteiger partial charge in [-0.05, 0) is 43.3 Å². The lowest BCUT2D eigenvalue weighted by atomic mass is 10.2. The maximum absolute atomic E-state index is 12.2. The van der Waals surface area contributed by atoms with Crippen LogP contribution in [0.25, 0.3) is 10.2 Å². The fourth-order valence-corrected chi connectivity index (χ4v) is 3.40. The van der Waals surface area contributed by atoms with Crippen molar-refractivity contribution in [2.45, 2.75) is 6.92 Å². The highest BCUT2D eigenvalue weighted by atomic mass is 35.5. The van der Waals surface area contributed by atoms with Gasteiger partial charge in [-0.3, -0.25) is 4.79 Å². The van der Waals surface area contributed by atoms with E-state index in [0.29, 0.717) is 21.3 Å². The van der Waals surface area contributed by atoms with Crippen molar-refractivity contribution >= 4 is 56.3 Å². The van der Waals surface area contributed by atoms with E-state index in [2.05, 4.69) is 10.3 Å². The van der Waals surface area contributed by atoms with Gasteiger partial charge < -0.3 is 5.32 Å². The molecule has 3 nitrogen and oxygen atoms in total. The average molecular weight is 337 g/mol. The molecule has 2 aromatic carbocycles. The number of carbonyl (C=O) groups excluding carboxylic acids is 1. The van der Waals surface area contributed by atoms with Gasteiger partial charge in [-0.1, -0.05) is 23.2 Å². The van der Waals surface area contributed by atoms with Crippen LogP contribution in [0.15, 0.2) is 36.4 Å². The molecule has 0 aliphatic heterocycles. The Balaban J connectivity index is 1.88. The van der Waals surface area contributed by atoms with Crippen molar-refractivity contribution in [2.75, 3.05) is 5.32 Å². The van der Waals surface area contributed by atoms with Crippen molar-refractivity contribution in [3.8, 4) is 0 Å². The Labute approximate surface area is 135 Å². The van der Waals surface area contributed by atoms with Gasteiger partial charge in [0.1, 0.15) is 0 Å². The number of hydrogen-bond acceptors (Lipinski definition) is 3. The van der Waals surface area contributed by atoms with E-state index in [9.17, 15) is 4.79 Å². The summed E-state index contributed by atoms with van der Waals surface area (Å²) in [7, 11) is 0. The number of benzene rings is 2. The van der Waals surface area contributed by atoms with Gasteiger partial charge in [-0.2, -0.15) is 0 Å². The monoisotopic (exact) mass is 336 g/mol. The molecule has 3 aromatic rings. The van der Waals surface area contributed by atoms with E-state index in [0.717, 1.165) is 15.2 Å². The lowest BCUT2D eigenvalue weighted by Gasteiger charge is -2.06. The van der Waals surface area contributed by atoms with E-state index in [1.54, 1.807) is 29.5 Å². The first-order chi connectivity index (χ1) is 10.0. The Kier molecular flexibility index (Phi) is 3.85. The van der Waals surface area contributed by atoms with Crippen LogP contribution in [0.1, 0.15) is 15.4 Å².